The lowest BCUT2D eigenvalue weighted by atomic mass is 9.74. The molecule has 2 aliphatic rings. The summed E-state index contributed by atoms with van der Waals surface area (Å²) < 4.78 is 0. The van der Waals surface area contributed by atoms with E-state index in [4.69, 9.17) is 4.84 Å². The summed E-state index contributed by atoms with van der Waals surface area (Å²) in [7, 11) is 0. The zero-order chi connectivity index (χ0) is 15.2. The van der Waals surface area contributed by atoms with Crippen LogP contribution in [0.1, 0.15) is 54.9 Å². The minimum Gasteiger partial charge on any atom is -0.381 e. The highest BCUT2D eigenvalue weighted by Gasteiger charge is 2.50. The Kier molecular flexibility index (Phi) is 3.39. The van der Waals surface area contributed by atoms with Gasteiger partial charge in [0.15, 0.2) is 5.78 Å². The van der Waals surface area contributed by atoms with Crippen LogP contribution < -0.4 is 0 Å². The number of Topliss-reactive ketones (excluding diaryl/α,β-unsaturated/α-hetero) is 1. The summed E-state index contributed by atoms with van der Waals surface area (Å²) in [5, 5.41) is 4.31. The minimum absolute atomic E-state index is 0.0912. The highest BCUT2D eigenvalue weighted by atomic mass is 16.7. The molecule has 0 amide bonds. The highest BCUT2D eigenvalue weighted by molar-refractivity contribution is 6.08. The van der Waals surface area contributed by atoms with Crippen LogP contribution in [-0.4, -0.2) is 17.1 Å². The van der Waals surface area contributed by atoms with E-state index in [1.54, 1.807) is 0 Å². The van der Waals surface area contributed by atoms with Gasteiger partial charge in [0.25, 0.3) is 0 Å². The molecule has 3 nitrogen and oxygen atoms in total. The van der Waals surface area contributed by atoms with E-state index in [9.17, 15) is 4.79 Å². The monoisotopic (exact) mass is 285 g/mol. The first kappa shape index (κ1) is 14.3. The summed E-state index contributed by atoms with van der Waals surface area (Å²) in [6, 6.07) is 4.34. The number of hydrogen-bond donors (Lipinski definition) is 0. The van der Waals surface area contributed by atoms with Crippen molar-refractivity contribution in [2.45, 2.75) is 59.0 Å². The molecular formula is C18H23NO2. The van der Waals surface area contributed by atoms with E-state index in [0.29, 0.717) is 6.42 Å². The van der Waals surface area contributed by atoms with Crippen LogP contribution in [0.2, 0.25) is 0 Å². The molecule has 1 aliphatic heterocycles. The van der Waals surface area contributed by atoms with E-state index < -0.39 is 5.60 Å². The maximum Gasteiger partial charge on any atom is 0.201 e. The first-order valence-corrected chi connectivity index (χ1v) is 7.80. The molecule has 112 valence electrons. The quantitative estimate of drug-likeness (QED) is 0.785. The van der Waals surface area contributed by atoms with E-state index in [1.165, 1.54) is 16.7 Å². The molecule has 3 heteroatoms. The predicted octanol–water partition coefficient (Wildman–Crippen LogP) is 3.86. The van der Waals surface area contributed by atoms with Gasteiger partial charge in [-0.25, -0.2) is 0 Å². The van der Waals surface area contributed by atoms with Crippen LogP contribution in [0, 0.1) is 26.7 Å². The molecule has 0 aromatic heterocycles. The molecule has 1 aliphatic carbocycles. The fourth-order valence-corrected chi connectivity index (χ4v) is 3.91. The Hall–Kier alpha value is -1.64. The third kappa shape index (κ3) is 2.29. The molecule has 0 saturated heterocycles. The second-order valence-electron chi connectivity index (χ2n) is 6.73. The van der Waals surface area contributed by atoms with Gasteiger partial charge in [-0.15, -0.1) is 0 Å². The Morgan fingerprint density at radius 1 is 1.24 bits per heavy atom. The van der Waals surface area contributed by atoms with Crippen LogP contribution in [0.5, 0.6) is 0 Å². The fraction of sp³-hybridized carbons (Fsp3) is 0.556. The zero-order valence-corrected chi connectivity index (χ0v) is 13.3. The maximum atomic E-state index is 12.6. The lowest BCUT2D eigenvalue weighted by molar-refractivity contribution is -0.150. The smallest absolute Gasteiger partial charge is 0.201 e. The fourth-order valence-electron chi connectivity index (χ4n) is 3.91. The first-order chi connectivity index (χ1) is 9.93. The molecule has 1 spiro atoms. The topological polar surface area (TPSA) is 38.7 Å². The van der Waals surface area contributed by atoms with Crippen LogP contribution in [0.3, 0.4) is 0 Å². The summed E-state index contributed by atoms with van der Waals surface area (Å²) in [6.45, 7) is 8.32. The molecular weight excluding hydrogens is 262 g/mol. The van der Waals surface area contributed by atoms with Gasteiger partial charge in [-0.1, -0.05) is 29.8 Å². The number of ketones is 1. The molecule has 2 atom stereocenters. The molecule has 1 fully saturated rings. The normalized spacial score (nSPS) is 28.7. The minimum atomic E-state index is -0.684. The Labute approximate surface area is 126 Å². The van der Waals surface area contributed by atoms with Crippen molar-refractivity contribution < 1.29 is 9.63 Å². The Morgan fingerprint density at radius 2 is 1.90 bits per heavy atom. The van der Waals surface area contributed by atoms with Crippen molar-refractivity contribution >= 4 is 11.5 Å². The Bertz CT molecular complexity index is 609. The number of carbonyl (C=O) groups is 1. The van der Waals surface area contributed by atoms with Crippen molar-refractivity contribution in [2.75, 3.05) is 0 Å². The van der Waals surface area contributed by atoms with E-state index in [0.717, 1.165) is 30.5 Å². The third-order valence-electron chi connectivity index (χ3n) is 4.86. The first-order valence-electron chi connectivity index (χ1n) is 7.80. The van der Waals surface area contributed by atoms with Crippen LogP contribution in [0.15, 0.2) is 17.3 Å². The predicted molar refractivity (Wildman–Crippen MR) is 83.6 cm³/mol. The van der Waals surface area contributed by atoms with Crippen molar-refractivity contribution in [3.63, 3.8) is 0 Å². The zero-order valence-electron chi connectivity index (χ0n) is 13.3. The molecule has 1 aromatic carbocycles. The molecule has 1 aromatic rings. The SMILES string of the molecule is Cc1cc(C)c(C2=NOC3(CCCC(C)C3=O)C2)c(C)c1. The molecule has 0 bridgehead atoms. The number of carbonyl (C=O) groups excluding carboxylic acids is 1. The van der Waals surface area contributed by atoms with Crippen LogP contribution in [0.4, 0.5) is 0 Å². The number of oxime groups is 1. The standard InChI is InChI=1S/C18H23NO2/c1-11-8-13(3)16(14(4)9-11)15-10-18(21-19-15)7-5-6-12(2)17(18)20/h8-9,12H,5-7,10H2,1-4H3. The van der Waals surface area contributed by atoms with E-state index in [1.807, 2.05) is 6.92 Å². The van der Waals surface area contributed by atoms with Gasteiger partial charge in [0.1, 0.15) is 0 Å². The molecule has 21 heavy (non-hydrogen) atoms. The van der Waals surface area contributed by atoms with Gasteiger partial charge in [0.05, 0.1) is 5.71 Å². The van der Waals surface area contributed by atoms with Crippen molar-refractivity contribution in [3.05, 3.63) is 34.4 Å². The lowest BCUT2D eigenvalue weighted by Gasteiger charge is -2.32. The van der Waals surface area contributed by atoms with Gasteiger partial charge in [-0.3, -0.25) is 4.79 Å². The van der Waals surface area contributed by atoms with Crippen LogP contribution in [-0.2, 0) is 9.63 Å². The Morgan fingerprint density at radius 3 is 2.57 bits per heavy atom. The molecule has 1 heterocycles. The van der Waals surface area contributed by atoms with E-state index >= 15 is 0 Å². The van der Waals surface area contributed by atoms with Gasteiger partial charge < -0.3 is 4.84 Å². The second-order valence-corrected chi connectivity index (χ2v) is 6.73. The van der Waals surface area contributed by atoms with Crippen molar-refractivity contribution in [3.8, 4) is 0 Å². The summed E-state index contributed by atoms with van der Waals surface area (Å²) in [5.74, 6) is 0.323. The summed E-state index contributed by atoms with van der Waals surface area (Å²) in [6.07, 6.45) is 3.44. The maximum absolute atomic E-state index is 12.6. The van der Waals surface area contributed by atoms with Gasteiger partial charge in [-0.2, -0.15) is 0 Å². The number of aryl methyl sites for hydroxylation is 3. The molecule has 0 radical (unpaired) electrons. The number of nitrogens with zero attached hydrogens (tertiary/aromatic N) is 1. The van der Waals surface area contributed by atoms with Gasteiger partial charge in [0.2, 0.25) is 5.60 Å². The highest BCUT2D eigenvalue weighted by Crippen LogP contribution is 2.40. The van der Waals surface area contributed by atoms with E-state index in [-0.39, 0.29) is 11.7 Å². The summed E-state index contributed by atoms with van der Waals surface area (Å²) in [4.78, 5) is 18.3. The molecule has 2 unspecified atom stereocenters. The second kappa shape index (κ2) is 4.97. The number of rotatable bonds is 1. The molecule has 1 saturated carbocycles. The van der Waals surface area contributed by atoms with Gasteiger partial charge in [-0.05, 0) is 51.2 Å². The van der Waals surface area contributed by atoms with Gasteiger partial charge in [0, 0.05) is 17.9 Å². The van der Waals surface area contributed by atoms with Crippen molar-refractivity contribution in [1.82, 2.24) is 0 Å². The summed E-state index contributed by atoms with van der Waals surface area (Å²) >= 11 is 0. The average Bonchev–Trinajstić information content (AvgIpc) is 2.80. The van der Waals surface area contributed by atoms with Crippen molar-refractivity contribution in [2.24, 2.45) is 11.1 Å². The van der Waals surface area contributed by atoms with Gasteiger partial charge >= 0.3 is 0 Å². The number of hydrogen-bond acceptors (Lipinski definition) is 3. The molecule has 3 rings (SSSR count). The molecule has 0 N–H and O–H groups in total. The largest absolute Gasteiger partial charge is 0.381 e. The van der Waals surface area contributed by atoms with E-state index in [2.05, 4.69) is 38.1 Å². The van der Waals surface area contributed by atoms with Crippen LogP contribution >= 0.6 is 0 Å². The summed E-state index contributed by atoms with van der Waals surface area (Å²) in [5.41, 5.74) is 5.09. The number of benzene rings is 1. The van der Waals surface area contributed by atoms with Crippen molar-refractivity contribution in [1.29, 1.82) is 0 Å². The Balaban J connectivity index is 1.93. The third-order valence-corrected chi connectivity index (χ3v) is 4.86. The average molecular weight is 285 g/mol. The van der Waals surface area contributed by atoms with Crippen LogP contribution in [0.25, 0.3) is 0 Å². The lowest BCUT2D eigenvalue weighted by Crippen LogP contribution is -2.45.